The quantitative estimate of drug-likeness (QED) is 0.612. The lowest BCUT2D eigenvalue weighted by Crippen LogP contribution is -2.12. The first kappa shape index (κ1) is 14.3. The highest BCUT2D eigenvalue weighted by atomic mass is 19.1. The minimum atomic E-state index is -0.232. The van der Waals surface area contributed by atoms with Crippen LogP contribution in [-0.2, 0) is 13.2 Å². The Kier molecular flexibility index (Phi) is 5.33. The maximum Gasteiger partial charge on any atom is 0.123 e. The Morgan fingerprint density at radius 2 is 1.90 bits per heavy atom. The van der Waals surface area contributed by atoms with Crippen molar-refractivity contribution in [1.82, 2.24) is 5.32 Å². The summed E-state index contributed by atoms with van der Waals surface area (Å²) >= 11 is 0. The average molecular weight is 271 g/mol. The molecule has 1 N–H and O–H groups in total. The number of hydrogen-bond acceptors (Lipinski definition) is 2. The summed E-state index contributed by atoms with van der Waals surface area (Å²) in [4.78, 5) is 0. The Morgan fingerprint density at radius 1 is 1.10 bits per heavy atom. The van der Waals surface area contributed by atoms with Crippen molar-refractivity contribution in [2.45, 2.75) is 13.2 Å². The van der Waals surface area contributed by atoms with Gasteiger partial charge in [-0.3, -0.25) is 0 Å². The molecule has 0 radical (unpaired) electrons. The summed E-state index contributed by atoms with van der Waals surface area (Å²) in [5.74, 6) is 0.580. The van der Waals surface area contributed by atoms with Crippen molar-refractivity contribution in [2.24, 2.45) is 0 Å². The Morgan fingerprint density at radius 3 is 2.65 bits per heavy atom. The second-order valence-electron chi connectivity index (χ2n) is 4.48. The molecule has 2 aromatic carbocycles. The first-order valence-electron chi connectivity index (χ1n) is 6.56. The number of hydrogen-bond donors (Lipinski definition) is 1. The van der Waals surface area contributed by atoms with Crippen LogP contribution in [0.25, 0.3) is 0 Å². The average Bonchev–Trinajstić information content (AvgIpc) is 2.47. The van der Waals surface area contributed by atoms with Crippen LogP contribution in [0.3, 0.4) is 0 Å². The standard InChI is InChI=1S/C17H18FNO/c1-2-10-19-12-15-4-3-5-17(11-15)20-13-14-6-8-16(18)9-7-14/h2-9,11,19H,1,10,12-13H2. The second-order valence-corrected chi connectivity index (χ2v) is 4.48. The molecule has 0 spiro atoms. The molecule has 0 aliphatic rings. The SMILES string of the molecule is C=CCNCc1cccc(OCc2ccc(F)cc2)c1. The number of halogens is 1. The summed E-state index contributed by atoms with van der Waals surface area (Å²) in [6.07, 6.45) is 1.83. The van der Waals surface area contributed by atoms with E-state index in [1.54, 1.807) is 12.1 Å². The van der Waals surface area contributed by atoms with Gasteiger partial charge in [-0.15, -0.1) is 6.58 Å². The summed E-state index contributed by atoms with van der Waals surface area (Å²) in [5, 5.41) is 3.24. The van der Waals surface area contributed by atoms with Crippen molar-refractivity contribution >= 4 is 0 Å². The number of nitrogens with one attached hydrogen (secondary N) is 1. The third-order valence-electron chi connectivity index (χ3n) is 2.84. The molecule has 20 heavy (non-hydrogen) atoms. The van der Waals surface area contributed by atoms with Gasteiger partial charge in [-0.05, 0) is 35.4 Å². The van der Waals surface area contributed by atoms with Crippen molar-refractivity contribution < 1.29 is 9.13 Å². The van der Waals surface area contributed by atoms with E-state index in [2.05, 4.69) is 11.9 Å². The van der Waals surface area contributed by atoms with Crippen molar-refractivity contribution in [3.63, 3.8) is 0 Å². The van der Waals surface area contributed by atoms with Gasteiger partial charge in [0.25, 0.3) is 0 Å². The van der Waals surface area contributed by atoms with E-state index in [0.717, 1.165) is 30.0 Å². The summed E-state index contributed by atoms with van der Waals surface area (Å²) in [5.41, 5.74) is 2.10. The topological polar surface area (TPSA) is 21.3 Å². The maximum absolute atomic E-state index is 12.8. The fourth-order valence-electron chi connectivity index (χ4n) is 1.81. The smallest absolute Gasteiger partial charge is 0.123 e. The molecule has 2 nitrogen and oxygen atoms in total. The Bertz CT molecular complexity index is 551. The minimum absolute atomic E-state index is 0.232. The molecule has 104 valence electrons. The van der Waals surface area contributed by atoms with Crippen molar-refractivity contribution in [2.75, 3.05) is 6.54 Å². The molecule has 0 bridgehead atoms. The monoisotopic (exact) mass is 271 g/mol. The molecule has 0 aliphatic carbocycles. The number of rotatable bonds is 7. The van der Waals surface area contributed by atoms with Crippen molar-refractivity contribution in [1.29, 1.82) is 0 Å². The zero-order chi connectivity index (χ0) is 14.2. The molecule has 0 saturated heterocycles. The van der Waals surface area contributed by atoms with E-state index >= 15 is 0 Å². The molecular formula is C17H18FNO. The highest BCUT2D eigenvalue weighted by molar-refractivity contribution is 5.29. The van der Waals surface area contributed by atoms with Crippen molar-refractivity contribution in [3.05, 3.63) is 78.1 Å². The van der Waals surface area contributed by atoms with Crippen LogP contribution in [0, 0.1) is 5.82 Å². The van der Waals surface area contributed by atoms with Gasteiger partial charge >= 0.3 is 0 Å². The Hall–Kier alpha value is -2.13. The molecule has 0 unspecified atom stereocenters. The first-order valence-corrected chi connectivity index (χ1v) is 6.56. The molecule has 3 heteroatoms. The van der Waals surface area contributed by atoms with Crippen LogP contribution in [0.1, 0.15) is 11.1 Å². The Labute approximate surface area is 118 Å². The van der Waals surface area contributed by atoms with E-state index in [1.165, 1.54) is 12.1 Å². The van der Waals surface area contributed by atoms with E-state index in [1.807, 2.05) is 30.3 Å². The molecule has 0 aromatic heterocycles. The van der Waals surface area contributed by atoms with E-state index in [-0.39, 0.29) is 5.82 Å². The van der Waals surface area contributed by atoms with E-state index in [4.69, 9.17) is 4.74 Å². The molecule has 0 aliphatic heterocycles. The number of benzene rings is 2. The van der Waals surface area contributed by atoms with Gasteiger partial charge in [0, 0.05) is 13.1 Å². The van der Waals surface area contributed by atoms with Crippen LogP contribution < -0.4 is 10.1 Å². The predicted molar refractivity (Wildman–Crippen MR) is 79.1 cm³/mol. The van der Waals surface area contributed by atoms with Crippen LogP contribution in [0.5, 0.6) is 5.75 Å². The molecule has 2 rings (SSSR count). The fourth-order valence-corrected chi connectivity index (χ4v) is 1.81. The van der Waals surface area contributed by atoms with E-state index in [0.29, 0.717) is 6.61 Å². The highest BCUT2D eigenvalue weighted by Crippen LogP contribution is 2.15. The molecule has 0 heterocycles. The normalized spacial score (nSPS) is 10.2. The van der Waals surface area contributed by atoms with Crippen LogP contribution in [0.15, 0.2) is 61.2 Å². The highest BCUT2D eigenvalue weighted by Gasteiger charge is 1.99. The first-order chi connectivity index (χ1) is 9.78. The van der Waals surface area contributed by atoms with Crippen LogP contribution in [0.2, 0.25) is 0 Å². The van der Waals surface area contributed by atoms with Crippen LogP contribution >= 0.6 is 0 Å². The Balaban J connectivity index is 1.90. The lowest BCUT2D eigenvalue weighted by molar-refractivity contribution is 0.305. The largest absolute Gasteiger partial charge is 0.489 e. The van der Waals surface area contributed by atoms with Gasteiger partial charge in [-0.1, -0.05) is 30.3 Å². The summed E-state index contributed by atoms with van der Waals surface area (Å²) in [6.45, 7) is 5.66. The van der Waals surface area contributed by atoms with Crippen LogP contribution in [0.4, 0.5) is 4.39 Å². The van der Waals surface area contributed by atoms with Crippen LogP contribution in [-0.4, -0.2) is 6.54 Å². The lowest BCUT2D eigenvalue weighted by Gasteiger charge is -2.08. The summed E-state index contributed by atoms with van der Waals surface area (Å²) in [7, 11) is 0. The van der Waals surface area contributed by atoms with Gasteiger partial charge < -0.3 is 10.1 Å². The molecule has 2 aromatic rings. The molecule has 0 fully saturated rings. The summed E-state index contributed by atoms with van der Waals surface area (Å²) in [6, 6.07) is 14.3. The van der Waals surface area contributed by atoms with E-state index in [9.17, 15) is 4.39 Å². The van der Waals surface area contributed by atoms with Gasteiger partial charge in [0.05, 0.1) is 0 Å². The second kappa shape index (κ2) is 7.46. The molecule has 0 amide bonds. The minimum Gasteiger partial charge on any atom is -0.489 e. The van der Waals surface area contributed by atoms with Gasteiger partial charge in [0.15, 0.2) is 0 Å². The molecule has 0 atom stereocenters. The molecular weight excluding hydrogens is 253 g/mol. The summed E-state index contributed by atoms with van der Waals surface area (Å²) < 4.78 is 18.5. The van der Waals surface area contributed by atoms with Gasteiger partial charge in [-0.25, -0.2) is 4.39 Å². The van der Waals surface area contributed by atoms with E-state index < -0.39 is 0 Å². The van der Waals surface area contributed by atoms with Gasteiger partial charge in [-0.2, -0.15) is 0 Å². The fraction of sp³-hybridized carbons (Fsp3) is 0.176. The van der Waals surface area contributed by atoms with Crippen molar-refractivity contribution in [3.8, 4) is 5.75 Å². The zero-order valence-electron chi connectivity index (χ0n) is 11.3. The third-order valence-corrected chi connectivity index (χ3v) is 2.84. The number of ether oxygens (including phenoxy) is 1. The van der Waals surface area contributed by atoms with Gasteiger partial charge in [0.1, 0.15) is 18.2 Å². The third kappa shape index (κ3) is 4.52. The lowest BCUT2D eigenvalue weighted by atomic mass is 10.2. The zero-order valence-corrected chi connectivity index (χ0v) is 11.3. The van der Waals surface area contributed by atoms with Gasteiger partial charge in [0.2, 0.25) is 0 Å². The maximum atomic E-state index is 12.8. The predicted octanol–water partition coefficient (Wildman–Crippen LogP) is 3.68. The molecule has 0 saturated carbocycles.